The Bertz CT molecular complexity index is 1790. The molecule has 65 heavy (non-hydrogen) atoms. The number of hydrogen-bond donors (Lipinski definition) is 0. The summed E-state index contributed by atoms with van der Waals surface area (Å²) >= 11 is 7.12. The molecule has 0 amide bonds. The van der Waals surface area contributed by atoms with Gasteiger partial charge < -0.3 is 37.2 Å². The van der Waals surface area contributed by atoms with Crippen LogP contribution in [-0.4, -0.2) is 16.4 Å². The normalized spacial score (nSPS) is 21.7. The Hall–Kier alpha value is -1.40. The molecule has 358 valence electrons. The van der Waals surface area contributed by atoms with Gasteiger partial charge in [-0.2, -0.15) is 0 Å². The third kappa shape index (κ3) is 13.5. The van der Waals surface area contributed by atoms with Gasteiger partial charge in [0.2, 0.25) is 0 Å². The number of aromatic nitrogens is 1. The standard InChI is InChI=1S/C57H78ClN3.3ClH.Co/c1-39(59-56-50(43-25-13-5-14-26-43)33-47(41-21-9-3-10-22-41)34-51(56)44-27-15-6-16-28-44)54-37-49(58)38-55(61-54)40(2)60-57-52(45-29-17-7-18-30-45)35-48(42-23-11-4-12-24-42)36-53(57)46-31-19-8-20-32-46;;;;/h33-38,41-46H,3-32H2,1-2H3;3*1H;/q;;;;+3/p-3. The largest absolute Gasteiger partial charge is 3.00 e. The maximum atomic E-state index is 7.12. The molecule has 6 aliphatic carbocycles. The van der Waals surface area contributed by atoms with E-state index < -0.39 is 0 Å². The van der Waals surface area contributed by atoms with Gasteiger partial charge in [-0.25, -0.2) is 4.98 Å². The molecule has 0 bridgehead atoms. The van der Waals surface area contributed by atoms with Gasteiger partial charge in [0.15, 0.2) is 0 Å². The summed E-state index contributed by atoms with van der Waals surface area (Å²) in [5, 5.41) is 0.726. The van der Waals surface area contributed by atoms with Crippen molar-refractivity contribution in [2.45, 2.75) is 242 Å². The van der Waals surface area contributed by atoms with Crippen LogP contribution in [0.5, 0.6) is 0 Å². The van der Waals surface area contributed by atoms with Crippen LogP contribution in [0.1, 0.15) is 287 Å². The number of nitrogens with zero attached hydrogens (tertiary/aromatic N) is 3. The van der Waals surface area contributed by atoms with E-state index in [1.165, 1.54) is 204 Å². The van der Waals surface area contributed by atoms with E-state index in [-0.39, 0.29) is 54.0 Å². The summed E-state index contributed by atoms with van der Waals surface area (Å²) in [4.78, 5) is 16.9. The second-order valence-electron chi connectivity index (χ2n) is 21.1. The van der Waals surface area contributed by atoms with Crippen molar-refractivity contribution in [3.63, 3.8) is 0 Å². The molecule has 0 aliphatic heterocycles. The zero-order chi connectivity index (χ0) is 41.5. The summed E-state index contributed by atoms with van der Waals surface area (Å²) in [6.07, 6.45) is 40.3. The maximum Gasteiger partial charge on any atom is 3.00 e. The maximum absolute atomic E-state index is 7.12. The van der Waals surface area contributed by atoms with Crippen LogP contribution in [0.25, 0.3) is 0 Å². The molecule has 2 aromatic carbocycles. The number of halogens is 4. The van der Waals surface area contributed by atoms with Gasteiger partial charge in [0.1, 0.15) is 0 Å². The first-order valence-corrected chi connectivity index (χ1v) is 26.5. The topological polar surface area (TPSA) is 37.6 Å². The molecule has 0 radical (unpaired) electrons. The molecular formula is C57H78Cl4CoN3. The molecule has 1 aromatic heterocycles. The first-order valence-electron chi connectivity index (χ1n) is 26.1. The number of hydrogen-bond acceptors (Lipinski definition) is 3. The summed E-state index contributed by atoms with van der Waals surface area (Å²) in [7, 11) is 0. The van der Waals surface area contributed by atoms with Crippen molar-refractivity contribution >= 4 is 34.4 Å². The van der Waals surface area contributed by atoms with Gasteiger partial charge in [0.25, 0.3) is 0 Å². The molecule has 1 heterocycles. The average molecular weight is 1010 g/mol. The first kappa shape index (κ1) is 54.5. The van der Waals surface area contributed by atoms with Crippen molar-refractivity contribution in [2.75, 3.05) is 0 Å². The molecule has 6 saturated carbocycles. The van der Waals surface area contributed by atoms with Crippen molar-refractivity contribution in [3.8, 4) is 0 Å². The molecule has 9 rings (SSSR count). The van der Waals surface area contributed by atoms with E-state index in [0.717, 1.165) is 27.8 Å². The fraction of sp³-hybridized carbons (Fsp3) is 0.667. The molecule has 0 spiro atoms. The van der Waals surface area contributed by atoms with Crippen molar-refractivity contribution in [3.05, 3.63) is 86.2 Å². The number of pyridine rings is 1. The molecule has 3 nitrogen and oxygen atoms in total. The Kier molecular flexibility index (Phi) is 22.3. The van der Waals surface area contributed by atoms with Crippen LogP contribution in [0.2, 0.25) is 5.02 Å². The van der Waals surface area contributed by atoms with E-state index in [0.29, 0.717) is 35.5 Å². The van der Waals surface area contributed by atoms with Gasteiger partial charge in [-0.15, -0.1) is 0 Å². The van der Waals surface area contributed by atoms with Gasteiger partial charge in [-0.1, -0.05) is 151 Å². The molecule has 3 aromatic rings. The molecule has 6 aliphatic rings. The monoisotopic (exact) mass is 1000 g/mol. The quantitative estimate of drug-likeness (QED) is 0.187. The Morgan fingerprint density at radius 1 is 0.385 bits per heavy atom. The fourth-order valence-corrected chi connectivity index (χ4v) is 13.4. The third-order valence-corrected chi connectivity index (χ3v) is 17.0. The number of aliphatic imine (C=N–C) groups is 2. The Balaban J connectivity index is 0.00000198. The van der Waals surface area contributed by atoms with Crippen molar-refractivity contribution in [1.82, 2.24) is 4.98 Å². The third-order valence-electron chi connectivity index (χ3n) is 16.8. The molecule has 0 atom stereocenters. The minimum atomic E-state index is 0. The van der Waals surface area contributed by atoms with Crippen molar-refractivity contribution in [1.29, 1.82) is 0 Å². The van der Waals surface area contributed by atoms with Crippen LogP contribution in [0.3, 0.4) is 0 Å². The summed E-state index contributed by atoms with van der Waals surface area (Å²) in [6.45, 7) is 4.40. The molecular weight excluding hydrogens is 927 g/mol. The van der Waals surface area contributed by atoms with E-state index in [1.54, 1.807) is 33.4 Å². The number of rotatable bonds is 10. The minimum absolute atomic E-state index is 0. The van der Waals surface area contributed by atoms with Gasteiger partial charge >= 0.3 is 16.8 Å². The predicted molar refractivity (Wildman–Crippen MR) is 261 cm³/mol. The summed E-state index contributed by atoms with van der Waals surface area (Å²) < 4.78 is 0. The Morgan fingerprint density at radius 2 is 0.615 bits per heavy atom. The van der Waals surface area contributed by atoms with Gasteiger partial charge in [0.05, 0.1) is 34.2 Å². The molecule has 0 saturated heterocycles. The van der Waals surface area contributed by atoms with E-state index in [4.69, 9.17) is 26.6 Å². The van der Waals surface area contributed by atoms with Crippen molar-refractivity contribution < 1.29 is 54.0 Å². The molecule has 8 heteroatoms. The van der Waals surface area contributed by atoms with E-state index in [1.807, 2.05) is 0 Å². The van der Waals surface area contributed by atoms with Crippen LogP contribution in [-0.2, 0) is 16.8 Å². The van der Waals surface area contributed by atoms with E-state index in [9.17, 15) is 0 Å². The summed E-state index contributed by atoms with van der Waals surface area (Å²) in [6, 6.07) is 14.8. The van der Waals surface area contributed by atoms with Crippen LogP contribution >= 0.6 is 11.6 Å². The molecule has 6 fully saturated rings. The zero-order valence-corrected chi connectivity index (χ0v) is 43.9. The van der Waals surface area contributed by atoms with Gasteiger partial charge in [0, 0.05) is 5.02 Å². The second kappa shape index (κ2) is 26.5. The average Bonchev–Trinajstić information content (AvgIpc) is 3.33. The van der Waals surface area contributed by atoms with Gasteiger partial charge in [-0.3, -0.25) is 9.98 Å². The Labute approximate surface area is 428 Å². The summed E-state index contributed by atoms with van der Waals surface area (Å²) in [5.41, 5.74) is 15.8. The van der Waals surface area contributed by atoms with E-state index in [2.05, 4.69) is 50.2 Å². The molecule has 0 N–H and O–H groups in total. The summed E-state index contributed by atoms with van der Waals surface area (Å²) in [5.74, 6) is 3.82. The SMILES string of the molecule is CC(=Nc1c(C2CCCCC2)cc(C2CCCCC2)cc1C1CCCCC1)c1cc(Cl)cc(C(C)=Nc2c(C3CCCCC3)cc(C3CCCCC3)cc2C2CCCCC2)n1.[Cl-].[Cl-].[Cl-].[Co+3]. The van der Waals surface area contributed by atoms with E-state index >= 15 is 0 Å². The van der Waals surface area contributed by atoms with Gasteiger partial charge in [-0.05, 0) is 172 Å². The fourth-order valence-electron chi connectivity index (χ4n) is 13.2. The van der Waals surface area contributed by atoms with Crippen LogP contribution in [0, 0.1) is 0 Å². The Morgan fingerprint density at radius 3 is 0.862 bits per heavy atom. The van der Waals surface area contributed by atoms with Crippen molar-refractivity contribution in [2.24, 2.45) is 9.98 Å². The number of benzene rings is 2. The van der Waals surface area contributed by atoms with Crippen LogP contribution < -0.4 is 37.2 Å². The molecule has 0 unspecified atom stereocenters. The van der Waals surface area contributed by atoms with Crippen LogP contribution in [0.15, 0.2) is 46.4 Å². The first-order chi connectivity index (χ1) is 30.0. The second-order valence-corrected chi connectivity index (χ2v) is 21.5. The zero-order valence-electron chi connectivity index (χ0n) is 39.8. The minimum Gasteiger partial charge on any atom is -1.00 e. The van der Waals surface area contributed by atoms with Crippen LogP contribution in [0.4, 0.5) is 11.4 Å². The predicted octanol–water partition coefficient (Wildman–Crippen LogP) is 9.31. The smallest absolute Gasteiger partial charge is 1.00 e.